The van der Waals surface area contributed by atoms with E-state index in [9.17, 15) is 4.79 Å². The number of aryl methyl sites for hydroxylation is 1. The Morgan fingerprint density at radius 2 is 2.23 bits per heavy atom. The van der Waals surface area contributed by atoms with E-state index in [4.69, 9.17) is 0 Å². The van der Waals surface area contributed by atoms with Crippen LogP contribution in [0.3, 0.4) is 0 Å². The molecule has 7 heteroatoms. The first-order chi connectivity index (χ1) is 10.7. The van der Waals surface area contributed by atoms with E-state index in [1.807, 2.05) is 22.9 Å². The highest BCUT2D eigenvalue weighted by Gasteiger charge is 2.09. The number of nitrogens with one attached hydrogen (secondary N) is 1. The Morgan fingerprint density at radius 1 is 1.32 bits per heavy atom. The normalized spacial score (nSPS) is 10.6. The van der Waals surface area contributed by atoms with Gasteiger partial charge in [0.2, 0.25) is 5.91 Å². The molecule has 0 atom stereocenters. The number of hydrogen-bond donors (Lipinski definition) is 1. The van der Waals surface area contributed by atoms with Crippen molar-refractivity contribution in [2.75, 3.05) is 5.32 Å². The third-order valence-corrected chi connectivity index (χ3v) is 4.89. The van der Waals surface area contributed by atoms with Gasteiger partial charge in [-0.3, -0.25) is 4.79 Å². The molecule has 3 heterocycles. The standard InChI is InChI=1S/C15H14N4OS2/c1-2-15-18-10(8-22-15)6-14(20)19-13-7-11(16-9-17-13)12-4-3-5-21-12/h3-5,7-9H,2,6H2,1H3,(H,16,17,19,20). The molecule has 1 N–H and O–H groups in total. The number of rotatable bonds is 5. The van der Waals surface area contributed by atoms with Crippen molar-refractivity contribution in [1.29, 1.82) is 0 Å². The van der Waals surface area contributed by atoms with Gasteiger partial charge < -0.3 is 5.32 Å². The van der Waals surface area contributed by atoms with Crippen molar-refractivity contribution in [1.82, 2.24) is 15.0 Å². The third kappa shape index (κ3) is 3.55. The Kier molecular flexibility index (Phi) is 4.55. The molecule has 0 fully saturated rings. The van der Waals surface area contributed by atoms with Gasteiger partial charge in [-0.05, 0) is 17.9 Å². The number of thiazole rings is 1. The molecular formula is C15H14N4OS2. The van der Waals surface area contributed by atoms with Gasteiger partial charge in [0.1, 0.15) is 12.1 Å². The Balaban J connectivity index is 1.67. The van der Waals surface area contributed by atoms with E-state index in [2.05, 4.69) is 27.2 Å². The molecule has 1 amide bonds. The van der Waals surface area contributed by atoms with Crippen molar-refractivity contribution in [3.63, 3.8) is 0 Å². The SMILES string of the molecule is CCc1nc(CC(=O)Nc2cc(-c3cccs3)ncn2)cs1. The second-order valence-electron chi connectivity index (χ2n) is 4.58. The molecule has 3 aromatic rings. The maximum atomic E-state index is 12.1. The highest BCUT2D eigenvalue weighted by molar-refractivity contribution is 7.13. The summed E-state index contributed by atoms with van der Waals surface area (Å²) >= 11 is 3.18. The zero-order valence-corrected chi connectivity index (χ0v) is 13.6. The summed E-state index contributed by atoms with van der Waals surface area (Å²) in [5.41, 5.74) is 1.61. The summed E-state index contributed by atoms with van der Waals surface area (Å²) in [5.74, 6) is 0.387. The maximum Gasteiger partial charge on any atom is 0.231 e. The minimum atomic E-state index is -0.121. The lowest BCUT2D eigenvalue weighted by atomic mass is 10.3. The van der Waals surface area contributed by atoms with E-state index < -0.39 is 0 Å². The van der Waals surface area contributed by atoms with Crippen LogP contribution in [-0.4, -0.2) is 20.9 Å². The van der Waals surface area contributed by atoms with E-state index in [0.29, 0.717) is 5.82 Å². The van der Waals surface area contributed by atoms with Crippen LogP contribution in [0, 0.1) is 0 Å². The van der Waals surface area contributed by atoms with Crippen molar-refractivity contribution >= 4 is 34.4 Å². The third-order valence-electron chi connectivity index (χ3n) is 2.95. The molecule has 3 rings (SSSR count). The lowest BCUT2D eigenvalue weighted by Crippen LogP contribution is -2.15. The Labute approximate surface area is 136 Å². The van der Waals surface area contributed by atoms with Crippen molar-refractivity contribution in [3.05, 3.63) is 46.0 Å². The van der Waals surface area contributed by atoms with Crippen LogP contribution < -0.4 is 5.32 Å². The van der Waals surface area contributed by atoms with Crippen molar-refractivity contribution in [2.24, 2.45) is 0 Å². The summed E-state index contributed by atoms with van der Waals surface area (Å²) in [6.45, 7) is 2.05. The minimum Gasteiger partial charge on any atom is -0.310 e. The quantitative estimate of drug-likeness (QED) is 0.778. The first-order valence-electron chi connectivity index (χ1n) is 6.83. The molecule has 0 aliphatic rings. The molecule has 0 saturated carbocycles. The van der Waals surface area contributed by atoms with Gasteiger partial charge in [-0.1, -0.05) is 13.0 Å². The number of carbonyl (C=O) groups excluding carboxylic acids is 1. The smallest absolute Gasteiger partial charge is 0.231 e. The van der Waals surface area contributed by atoms with E-state index in [-0.39, 0.29) is 12.3 Å². The maximum absolute atomic E-state index is 12.1. The fraction of sp³-hybridized carbons (Fsp3) is 0.200. The van der Waals surface area contributed by atoms with Gasteiger partial charge in [-0.2, -0.15) is 0 Å². The van der Waals surface area contributed by atoms with Crippen LogP contribution in [0.25, 0.3) is 10.6 Å². The molecule has 0 aliphatic carbocycles. The van der Waals surface area contributed by atoms with Crippen LogP contribution in [0.5, 0.6) is 0 Å². The lowest BCUT2D eigenvalue weighted by molar-refractivity contribution is -0.115. The van der Waals surface area contributed by atoms with Gasteiger partial charge in [0.05, 0.1) is 27.7 Å². The van der Waals surface area contributed by atoms with Gasteiger partial charge in [-0.15, -0.1) is 22.7 Å². The predicted octanol–water partition coefficient (Wildman–Crippen LogP) is 3.41. The van der Waals surface area contributed by atoms with Gasteiger partial charge in [0.25, 0.3) is 0 Å². The number of amides is 1. The van der Waals surface area contributed by atoms with Crippen LogP contribution >= 0.6 is 22.7 Å². The number of aromatic nitrogens is 3. The Hall–Kier alpha value is -2.12. The molecule has 0 unspecified atom stereocenters. The molecule has 22 heavy (non-hydrogen) atoms. The highest BCUT2D eigenvalue weighted by Crippen LogP contribution is 2.23. The molecule has 0 bridgehead atoms. The lowest BCUT2D eigenvalue weighted by Gasteiger charge is -2.04. The first-order valence-corrected chi connectivity index (χ1v) is 8.59. The molecule has 0 aliphatic heterocycles. The number of thiophene rings is 1. The minimum absolute atomic E-state index is 0.121. The van der Waals surface area contributed by atoms with Crippen LogP contribution in [0.4, 0.5) is 5.82 Å². The van der Waals surface area contributed by atoms with Crippen LogP contribution in [0.1, 0.15) is 17.6 Å². The summed E-state index contributed by atoms with van der Waals surface area (Å²) in [4.78, 5) is 25.8. The zero-order valence-electron chi connectivity index (χ0n) is 11.9. The van der Waals surface area contributed by atoms with E-state index in [0.717, 1.165) is 27.7 Å². The molecule has 5 nitrogen and oxygen atoms in total. The van der Waals surface area contributed by atoms with E-state index in [1.54, 1.807) is 28.7 Å². The van der Waals surface area contributed by atoms with Crippen LogP contribution in [0.15, 0.2) is 35.3 Å². The molecule has 3 aromatic heterocycles. The Morgan fingerprint density at radius 3 is 2.95 bits per heavy atom. The van der Waals surface area contributed by atoms with Crippen LogP contribution in [-0.2, 0) is 17.6 Å². The van der Waals surface area contributed by atoms with Crippen molar-refractivity contribution in [2.45, 2.75) is 19.8 Å². The largest absolute Gasteiger partial charge is 0.310 e. The summed E-state index contributed by atoms with van der Waals surface area (Å²) in [6, 6.07) is 5.73. The fourth-order valence-corrected chi connectivity index (χ4v) is 3.37. The second-order valence-corrected chi connectivity index (χ2v) is 6.47. The summed E-state index contributed by atoms with van der Waals surface area (Å²) in [6.07, 6.45) is 2.61. The van der Waals surface area contributed by atoms with E-state index in [1.165, 1.54) is 6.33 Å². The van der Waals surface area contributed by atoms with Crippen molar-refractivity contribution in [3.8, 4) is 10.6 Å². The second kappa shape index (κ2) is 6.76. The average Bonchev–Trinajstić information content (AvgIpc) is 3.18. The molecule has 112 valence electrons. The number of anilines is 1. The average molecular weight is 330 g/mol. The Bertz CT molecular complexity index is 767. The van der Waals surface area contributed by atoms with Crippen molar-refractivity contribution < 1.29 is 4.79 Å². The zero-order chi connectivity index (χ0) is 15.4. The molecule has 0 radical (unpaired) electrons. The molecule has 0 spiro atoms. The molecular weight excluding hydrogens is 316 g/mol. The van der Waals surface area contributed by atoms with Gasteiger partial charge in [0, 0.05) is 11.4 Å². The predicted molar refractivity (Wildman–Crippen MR) is 89.2 cm³/mol. The highest BCUT2D eigenvalue weighted by atomic mass is 32.1. The van der Waals surface area contributed by atoms with Crippen LogP contribution in [0.2, 0.25) is 0 Å². The topological polar surface area (TPSA) is 67.8 Å². The van der Waals surface area contributed by atoms with E-state index >= 15 is 0 Å². The van der Waals surface area contributed by atoms with Gasteiger partial charge in [0.15, 0.2) is 0 Å². The summed E-state index contributed by atoms with van der Waals surface area (Å²) < 4.78 is 0. The first kappa shape index (κ1) is 14.8. The molecule has 0 aromatic carbocycles. The number of nitrogens with zero attached hydrogens (tertiary/aromatic N) is 3. The summed E-state index contributed by atoms with van der Waals surface area (Å²) in [5, 5.41) is 7.76. The summed E-state index contributed by atoms with van der Waals surface area (Å²) in [7, 11) is 0. The fourth-order valence-electron chi connectivity index (χ4n) is 1.93. The van der Waals surface area contributed by atoms with Gasteiger partial charge in [-0.25, -0.2) is 15.0 Å². The molecule has 0 saturated heterocycles. The van der Waals surface area contributed by atoms with Gasteiger partial charge >= 0.3 is 0 Å². The number of hydrogen-bond acceptors (Lipinski definition) is 6. The monoisotopic (exact) mass is 330 g/mol. The number of carbonyl (C=O) groups is 1.